The van der Waals surface area contributed by atoms with E-state index in [4.69, 9.17) is 0 Å². The van der Waals surface area contributed by atoms with Crippen molar-refractivity contribution in [1.29, 1.82) is 0 Å². The van der Waals surface area contributed by atoms with Crippen LogP contribution < -0.4 is 5.21 Å². The van der Waals surface area contributed by atoms with Crippen molar-refractivity contribution in [3.63, 3.8) is 0 Å². The van der Waals surface area contributed by atoms with Crippen molar-refractivity contribution in [3.8, 4) is 34.0 Å². The summed E-state index contributed by atoms with van der Waals surface area (Å²) in [6.07, 6.45) is 4.77. The number of halogens is 4. The predicted octanol–water partition coefficient (Wildman–Crippen LogP) is 5.54. The van der Waals surface area contributed by atoms with Gasteiger partial charge < -0.3 is 15.1 Å². The van der Waals surface area contributed by atoms with Crippen molar-refractivity contribution < 1.29 is 37.7 Å². The van der Waals surface area contributed by atoms with Gasteiger partial charge in [0.1, 0.15) is 0 Å². The van der Waals surface area contributed by atoms with E-state index < -0.39 is 23.3 Å². The van der Waals surface area contributed by atoms with Gasteiger partial charge in [-0.15, -0.1) is 24.3 Å². The second-order valence-corrected chi connectivity index (χ2v) is 7.43. The summed E-state index contributed by atoms with van der Waals surface area (Å²) in [6, 6.07) is 24.5. The predicted molar refractivity (Wildman–Crippen MR) is 133 cm³/mol. The Balaban J connectivity index is 0.000000165. The van der Waals surface area contributed by atoms with Crippen molar-refractivity contribution in [3.05, 3.63) is 133 Å². The number of hydrogen-bond acceptors (Lipinski definition) is 6. The molecule has 0 aliphatic rings. The number of pyridine rings is 3. The summed E-state index contributed by atoms with van der Waals surface area (Å²) >= 11 is 0. The monoisotopic (exact) mass is 719 g/mol. The van der Waals surface area contributed by atoms with Gasteiger partial charge in [0.15, 0.2) is 0 Å². The van der Waals surface area contributed by atoms with Crippen LogP contribution in [-0.2, 0) is 20.1 Å². The van der Waals surface area contributed by atoms with Crippen LogP contribution in [0.5, 0.6) is 0 Å². The molecule has 7 nitrogen and oxygen atoms in total. The summed E-state index contributed by atoms with van der Waals surface area (Å²) in [5.74, 6) is -2.11. The number of tetrazole rings is 1. The Morgan fingerprint density at radius 1 is 0.600 bits per heavy atom. The number of aromatic nitrogens is 7. The fourth-order valence-corrected chi connectivity index (χ4v) is 3.05. The van der Waals surface area contributed by atoms with Crippen molar-refractivity contribution in [2.45, 2.75) is 0 Å². The van der Waals surface area contributed by atoms with Gasteiger partial charge in [0.2, 0.25) is 0 Å². The molecule has 0 saturated heterocycles. The van der Waals surface area contributed by atoms with Crippen molar-refractivity contribution >= 4 is 0 Å². The van der Waals surface area contributed by atoms with E-state index in [1.54, 1.807) is 61.1 Å². The molecular weight excluding hydrogens is 703 g/mol. The quantitative estimate of drug-likeness (QED) is 0.175. The van der Waals surface area contributed by atoms with Crippen LogP contribution in [0.1, 0.15) is 0 Å². The van der Waals surface area contributed by atoms with Crippen molar-refractivity contribution in [2.75, 3.05) is 0 Å². The topological polar surface area (TPSA) is 91.4 Å². The molecule has 0 fully saturated rings. The van der Waals surface area contributed by atoms with E-state index in [1.165, 1.54) is 0 Å². The number of rotatable bonds is 3. The summed E-state index contributed by atoms with van der Waals surface area (Å²) in [5.41, 5.74) is 1.96. The summed E-state index contributed by atoms with van der Waals surface area (Å²) in [6.45, 7) is 0. The maximum Gasteiger partial charge on any atom is 3.00 e. The third-order valence-corrected chi connectivity index (χ3v) is 4.77. The fourth-order valence-electron chi connectivity index (χ4n) is 3.05. The van der Waals surface area contributed by atoms with Gasteiger partial charge in [-0.3, -0.25) is 33.0 Å². The van der Waals surface area contributed by atoms with Gasteiger partial charge >= 0.3 is 20.1 Å². The Morgan fingerprint density at radius 2 is 1.05 bits per heavy atom. The van der Waals surface area contributed by atoms with Crippen LogP contribution in [0.25, 0.3) is 34.0 Å². The molecule has 0 aliphatic carbocycles. The summed E-state index contributed by atoms with van der Waals surface area (Å²) in [7, 11) is 0. The minimum absolute atomic E-state index is 0. The zero-order valence-electron chi connectivity index (χ0n) is 20.2. The molecule has 0 radical (unpaired) electrons. The van der Waals surface area contributed by atoms with Gasteiger partial charge in [0.05, 0.1) is 11.5 Å². The molecule has 6 aromatic rings. The average Bonchev–Trinajstić information content (AvgIpc) is 3.51. The Kier molecular flexibility index (Phi) is 11.2. The molecule has 4 aromatic heterocycles. The second kappa shape index (κ2) is 15.1. The molecule has 0 aliphatic heterocycles. The first-order valence-corrected chi connectivity index (χ1v) is 11.2. The van der Waals surface area contributed by atoms with E-state index >= 15 is 0 Å². The van der Waals surface area contributed by atoms with Crippen LogP contribution in [0, 0.1) is 35.4 Å². The van der Waals surface area contributed by atoms with Crippen LogP contribution in [0.15, 0.2) is 97.5 Å². The number of benzene rings is 2. The van der Waals surface area contributed by atoms with E-state index in [-0.39, 0.29) is 31.2 Å². The molecule has 0 bridgehead atoms. The standard InChI is InChI=1S/2C11H6F2N.C6H4N5.Ir/c2*12-8-4-5-9(10(13)7-8)11-3-1-2-6-14-11;1-2-4-7-5(3-1)6-8-10-11-9-6;/h2*1-4,6-7H;1-4H;/q3*-1;+3. The van der Waals surface area contributed by atoms with E-state index in [0.29, 0.717) is 22.9 Å². The Labute approximate surface area is 239 Å². The summed E-state index contributed by atoms with van der Waals surface area (Å²) in [5, 5.41) is 14.0. The molecule has 0 spiro atoms. The normalized spacial score (nSPS) is 9.80. The van der Waals surface area contributed by atoms with Gasteiger partial charge in [-0.05, 0) is 35.7 Å². The van der Waals surface area contributed by atoms with E-state index in [0.717, 1.165) is 24.3 Å². The molecule has 0 amide bonds. The van der Waals surface area contributed by atoms with Crippen LogP contribution in [0.3, 0.4) is 0 Å². The van der Waals surface area contributed by atoms with Crippen LogP contribution in [0.4, 0.5) is 17.6 Å². The zero-order chi connectivity index (χ0) is 27.5. The van der Waals surface area contributed by atoms with E-state index in [9.17, 15) is 17.6 Å². The molecule has 200 valence electrons. The summed E-state index contributed by atoms with van der Waals surface area (Å²) in [4.78, 5) is 11.9. The maximum atomic E-state index is 13.2. The first kappa shape index (κ1) is 29.9. The minimum atomic E-state index is -0.649. The van der Waals surface area contributed by atoms with Gasteiger partial charge in [-0.25, -0.2) is 5.10 Å². The maximum absolute atomic E-state index is 13.2. The Bertz CT molecular complexity index is 1510. The molecule has 0 N–H and O–H groups in total. The Hall–Kier alpha value is -4.67. The fraction of sp³-hybridized carbons (Fsp3) is 0. The van der Waals surface area contributed by atoms with E-state index in [1.807, 2.05) is 12.1 Å². The largest absolute Gasteiger partial charge is 3.00 e. The third kappa shape index (κ3) is 8.42. The van der Waals surface area contributed by atoms with Gasteiger partial charge in [0.25, 0.3) is 0 Å². The number of nitrogens with zero attached hydrogens (tertiary/aromatic N) is 7. The SMILES string of the molecule is Fc1c[c-]c(-c2ccccn2)c(F)c1.Fc1c[c-]c(-c2ccccn2)c(F)c1.[Ir+3].c1ccc(-c2nn[n-]n2)nc1. The first-order chi connectivity index (χ1) is 19.0. The molecule has 12 heteroatoms. The molecular formula is C28H16F4IrN7. The van der Waals surface area contributed by atoms with Gasteiger partial charge in [0, 0.05) is 41.9 Å². The molecule has 40 heavy (non-hydrogen) atoms. The minimum Gasteiger partial charge on any atom is -0.329 e. The smallest absolute Gasteiger partial charge is 0.329 e. The molecule has 0 atom stereocenters. The van der Waals surface area contributed by atoms with Gasteiger partial charge in [-0.1, -0.05) is 53.6 Å². The molecule has 2 aromatic carbocycles. The third-order valence-electron chi connectivity index (χ3n) is 4.77. The second-order valence-electron chi connectivity index (χ2n) is 7.43. The summed E-state index contributed by atoms with van der Waals surface area (Å²) < 4.78 is 51.6. The van der Waals surface area contributed by atoms with Crippen LogP contribution >= 0.6 is 0 Å². The molecule has 0 unspecified atom stereocenters. The molecule has 0 saturated carbocycles. The van der Waals surface area contributed by atoms with Crippen molar-refractivity contribution in [1.82, 2.24) is 35.6 Å². The Morgan fingerprint density at radius 3 is 1.40 bits per heavy atom. The van der Waals surface area contributed by atoms with Crippen molar-refractivity contribution in [2.24, 2.45) is 0 Å². The van der Waals surface area contributed by atoms with Crippen LogP contribution in [-0.4, -0.2) is 30.4 Å². The first-order valence-electron chi connectivity index (χ1n) is 11.2. The number of hydrogen-bond donors (Lipinski definition) is 0. The van der Waals surface area contributed by atoms with E-state index in [2.05, 4.69) is 47.7 Å². The average molecular weight is 719 g/mol. The van der Waals surface area contributed by atoms with Crippen LogP contribution in [0.2, 0.25) is 0 Å². The van der Waals surface area contributed by atoms with Gasteiger partial charge in [-0.2, -0.15) is 0 Å². The molecule has 6 rings (SSSR count). The zero-order valence-corrected chi connectivity index (χ0v) is 22.6. The molecule has 4 heterocycles.